The van der Waals surface area contributed by atoms with Gasteiger partial charge >= 0.3 is 0 Å². The maximum atomic E-state index is 4.61. The van der Waals surface area contributed by atoms with Crippen LogP contribution in [0.5, 0.6) is 0 Å². The van der Waals surface area contributed by atoms with Gasteiger partial charge in [-0.3, -0.25) is 15.0 Å². The van der Waals surface area contributed by atoms with Gasteiger partial charge in [-0.15, -0.1) is 0 Å². The van der Waals surface area contributed by atoms with Gasteiger partial charge in [-0.2, -0.15) is 0 Å². The van der Waals surface area contributed by atoms with Crippen LogP contribution in [0.15, 0.2) is 58.8 Å². The second kappa shape index (κ2) is 7.33. The summed E-state index contributed by atoms with van der Waals surface area (Å²) >= 11 is 0. The normalized spacial score (nSPS) is 14.8. The van der Waals surface area contributed by atoms with Crippen molar-refractivity contribution in [3.05, 3.63) is 54.5 Å². The lowest BCUT2D eigenvalue weighted by molar-refractivity contribution is 0.784. The summed E-state index contributed by atoms with van der Waals surface area (Å²) in [6.45, 7) is 9.62. The molecular formula is C15H19N3. The van der Waals surface area contributed by atoms with E-state index in [0.29, 0.717) is 0 Å². The van der Waals surface area contributed by atoms with E-state index in [1.807, 2.05) is 45.0 Å². The van der Waals surface area contributed by atoms with E-state index in [2.05, 4.69) is 21.5 Å². The highest BCUT2D eigenvalue weighted by atomic mass is 14.9. The van der Waals surface area contributed by atoms with Gasteiger partial charge in [-0.1, -0.05) is 18.7 Å². The van der Waals surface area contributed by atoms with Crippen LogP contribution in [0.25, 0.3) is 0 Å². The fourth-order valence-electron chi connectivity index (χ4n) is 1.55. The minimum atomic E-state index is -0.0128. The molecule has 0 amide bonds. The summed E-state index contributed by atoms with van der Waals surface area (Å²) in [4.78, 5) is 13.2. The highest BCUT2D eigenvalue weighted by Crippen LogP contribution is 2.15. The van der Waals surface area contributed by atoms with E-state index in [-0.39, 0.29) is 6.04 Å². The Morgan fingerprint density at radius 3 is 2.67 bits per heavy atom. The molecular weight excluding hydrogens is 222 g/mol. The molecule has 3 nitrogen and oxygen atoms in total. The number of hydrogen-bond acceptors (Lipinski definition) is 3. The zero-order valence-electron chi connectivity index (χ0n) is 11.2. The molecule has 0 aromatic carbocycles. The largest absolute Gasteiger partial charge is 0.274 e. The first kappa shape index (κ1) is 14.0. The average Bonchev–Trinajstić information content (AvgIpc) is 2.43. The van der Waals surface area contributed by atoms with E-state index in [4.69, 9.17) is 0 Å². The van der Waals surface area contributed by atoms with Crippen LogP contribution in [0.4, 0.5) is 0 Å². The van der Waals surface area contributed by atoms with Gasteiger partial charge in [0.2, 0.25) is 0 Å². The van der Waals surface area contributed by atoms with Gasteiger partial charge in [0.1, 0.15) is 0 Å². The second-order valence-electron chi connectivity index (χ2n) is 3.71. The molecule has 0 radical (unpaired) electrons. The Hall–Kier alpha value is -2.03. The van der Waals surface area contributed by atoms with E-state index in [1.54, 1.807) is 18.5 Å². The molecule has 1 atom stereocenters. The Kier molecular flexibility index (Phi) is 5.71. The lowest BCUT2D eigenvalue weighted by atomic mass is 10.2. The molecule has 0 N–H and O–H groups in total. The molecule has 18 heavy (non-hydrogen) atoms. The van der Waals surface area contributed by atoms with Crippen molar-refractivity contribution in [3.8, 4) is 0 Å². The average molecular weight is 241 g/mol. The Labute approximate surface area is 109 Å². The maximum Gasteiger partial charge on any atom is 0.0899 e. The van der Waals surface area contributed by atoms with Crippen molar-refractivity contribution >= 4 is 11.9 Å². The molecule has 0 saturated carbocycles. The quantitative estimate of drug-likeness (QED) is 0.723. The summed E-state index contributed by atoms with van der Waals surface area (Å²) in [6, 6.07) is 5.81. The summed E-state index contributed by atoms with van der Waals surface area (Å²) in [7, 11) is 0. The maximum absolute atomic E-state index is 4.61. The molecule has 1 aromatic heterocycles. The lowest BCUT2D eigenvalue weighted by Gasteiger charge is -2.08. The minimum Gasteiger partial charge on any atom is -0.274 e. The van der Waals surface area contributed by atoms with Crippen LogP contribution >= 0.6 is 0 Å². The van der Waals surface area contributed by atoms with Crippen LogP contribution in [0, 0.1) is 0 Å². The second-order valence-corrected chi connectivity index (χ2v) is 3.71. The number of allylic oxidation sites excluding steroid dienone is 2. The van der Waals surface area contributed by atoms with Gasteiger partial charge in [-0.05, 0) is 39.0 Å². The van der Waals surface area contributed by atoms with Crippen LogP contribution in [-0.2, 0) is 0 Å². The SMILES string of the molecule is C=CC(=NC(C)c1ccccn1)/C(=C/C)N=CC. The zero-order valence-corrected chi connectivity index (χ0v) is 11.2. The Bertz CT molecular complexity index is 470. The molecule has 0 aliphatic rings. The molecule has 1 aromatic rings. The molecule has 1 unspecified atom stereocenters. The van der Waals surface area contributed by atoms with E-state index in [1.165, 1.54) is 0 Å². The van der Waals surface area contributed by atoms with Crippen LogP contribution < -0.4 is 0 Å². The summed E-state index contributed by atoms with van der Waals surface area (Å²) in [6.07, 6.45) is 7.17. The Balaban J connectivity index is 3.02. The van der Waals surface area contributed by atoms with Crippen molar-refractivity contribution in [1.82, 2.24) is 4.98 Å². The predicted octanol–water partition coefficient (Wildman–Crippen LogP) is 3.76. The number of pyridine rings is 1. The highest BCUT2D eigenvalue weighted by Gasteiger charge is 2.07. The third kappa shape index (κ3) is 3.77. The smallest absolute Gasteiger partial charge is 0.0899 e. The summed E-state index contributed by atoms with van der Waals surface area (Å²) in [5, 5.41) is 0. The van der Waals surface area contributed by atoms with E-state index >= 15 is 0 Å². The van der Waals surface area contributed by atoms with Crippen LogP contribution in [0.1, 0.15) is 32.5 Å². The number of nitrogens with zero attached hydrogens (tertiary/aromatic N) is 3. The first-order valence-electron chi connectivity index (χ1n) is 5.99. The molecule has 3 heteroatoms. The first-order chi connectivity index (χ1) is 8.72. The van der Waals surface area contributed by atoms with Gasteiger partial charge in [0.05, 0.1) is 23.1 Å². The van der Waals surface area contributed by atoms with Gasteiger partial charge in [0.15, 0.2) is 0 Å². The van der Waals surface area contributed by atoms with E-state index < -0.39 is 0 Å². The molecule has 1 rings (SSSR count). The van der Waals surface area contributed by atoms with E-state index in [9.17, 15) is 0 Å². The van der Waals surface area contributed by atoms with Gasteiger partial charge in [-0.25, -0.2) is 0 Å². The van der Waals surface area contributed by atoms with Crippen LogP contribution in [0.3, 0.4) is 0 Å². The lowest BCUT2D eigenvalue weighted by Crippen LogP contribution is -2.02. The standard InChI is InChI=1S/C15H19N3/c1-5-13(16-7-3)14(6-2)18-12(4)15-10-8-9-11-17-15/h5-12H,2H2,1,3-4H3/b13-5-,16-7?,18-14?. The van der Waals surface area contributed by atoms with Crippen molar-refractivity contribution in [3.63, 3.8) is 0 Å². The topological polar surface area (TPSA) is 37.6 Å². The van der Waals surface area contributed by atoms with Crippen molar-refractivity contribution in [2.45, 2.75) is 26.8 Å². The molecule has 0 aliphatic carbocycles. The fourth-order valence-corrected chi connectivity index (χ4v) is 1.55. The fraction of sp³-hybridized carbons (Fsp3) is 0.267. The van der Waals surface area contributed by atoms with Crippen LogP contribution in [0.2, 0.25) is 0 Å². The van der Waals surface area contributed by atoms with Crippen molar-refractivity contribution < 1.29 is 0 Å². The number of hydrogen-bond donors (Lipinski definition) is 0. The highest BCUT2D eigenvalue weighted by molar-refractivity contribution is 6.08. The molecule has 1 heterocycles. The minimum absolute atomic E-state index is 0.0128. The Morgan fingerprint density at radius 1 is 1.39 bits per heavy atom. The molecule has 0 fully saturated rings. The molecule has 94 valence electrons. The summed E-state index contributed by atoms with van der Waals surface area (Å²) in [5.74, 6) is 0. The van der Waals surface area contributed by atoms with E-state index in [0.717, 1.165) is 17.1 Å². The van der Waals surface area contributed by atoms with Crippen molar-refractivity contribution in [2.75, 3.05) is 0 Å². The predicted molar refractivity (Wildman–Crippen MR) is 78.2 cm³/mol. The molecule has 0 spiro atoms. The molecule has 0 bridgehead atoms. The van der Waals surface area contributed by atoms with Gasteiger partial charge < -0.3 is 0 Å². The number of aromatic nitrogens is 1. The van der Waals surface area contributed by atoms with Crippen LogP contribution in [-0.4, -0.2) is 16.9 Å². The first-order valence-corrected chi connectivity index (χ1v) is 5.99. The molecule has 0 saturated heterocycles. The molecule has 0 aliphatic heterocycles. The monoisotopic (exact) mass is 241 g/mol. The Morgan fingerprint density at radius 2 is 2.17 bits per heavy atom. The summed E-state index contributed by atoms with van der Waals surface area (Å²) in [5.41, 5.74) is 2.55. The van der Waals surface area contributed by atoms with Crippen molar-refractivity contribution in [2.24, 2.45) is 9.98 Å². The van der Waals surface area contributed by atoms with Gasteiger partial charge in [0, 0.05) is 12.4 Å². The third-order valence-corrected chi connectivity index (χ3v) is 2.45. The number of rotatable bonds is 5. The zero-order chi connectivity index (χ0) is 13.4. The number of aliphatic imine (C=N–C) groups is 2. The summed E-state index contributed by atoms with van der Waals surface area (Å²) < 4.78 is 0. The third-order valence-electron chi connectivity index (χ3n) is 2.45. The van der Waals surface area contributed by atoms with Gasteiger partial charge in [0.25, 0.3) is 0 Å². The van der Waals surface area contributed by atoms with Crippen molar-refractivity contribution in [1.29, 1.82) is 0 Å².